The van der Waals surface area contributed by atoms with Crippen molar-refractivity contribution in [3.8, 4) is 0 Å². The van der Waals surface area contributed by atoms with Crippen LogP contribution in [0.5, 0.6) is 0 Å². The number of rotatable bonds is 3. The van der Waals surface area contributed by atoms with E-state index < -0.39 is 0 Å². The molecule has 1 aliphatic rings. The van der Waals surface area contributed by atoms with Gasteiger partial charge in [0.25, 0.3) is 5.91 Å². The van der Waals surface area contributed by atoms with Crippen LogP contribution >= 0.6 is 38.6 Å². The Morgan fingerprint density at radius 1 is 1.37 bits per heavy atom. The maximum Gasteiger partial charge on any atom is 0.261 e. The number of aryl methyl sites for hydroxylation is 2. The van der Waals surface area contributed by atoms with E-state index in [4.69, 9.17) is 0 Å². The Morgan fingerprint density at radius 3 is 2.95 bits per heavy atom. The fraction of sp³-hybridized carbons (Fsp3) is 0.357. The molecule has 1 N–H and O–H groups in total. The Morgan fingerprint density at radius 2 is 2.21 bits per heavy atom. The summed E-state index contributed by atoms with van der Waals surface area (Å²) in [6, 6.07) is 4.09. The summed E-state index contributed by atoms with van der Waals surface area (Å²) >= 11 is 6.80. The molecular formula is C14H14BrNOS2. The summed E-state index contributed by atoms with van der Waals surface area (Å²) in [5.74, 6) is 0.0553. The Hall–Kier alpha value is -0.650. The second kappa shape index (κ2) is 5.77. The number of halogens is 1. The van der Waals surface area contributed by atoms with Gasteiger partial charge in [-0.15, -0.1) is 22.7 Å². The van der Waals surface area contributed by atoms with Gasteiger partial charge in [-0.05, 0) is 64.7 Å². The van der Waals surface area contributed by atoms with Crippen LogP contribution in [0, 0.1) is 0 Å². The van der Waals surface area contributed by atoms with E-state index in [2.05, 4.69) is 27.3 Å². The van der Waals surface area contributed by atoms with Crippen molar-refractivity contribution in [2.24, 2.45) is 0 Å². The summed E-state index contributed by atoms with van der Waals surface area (Å²) in [6.45, 7) is 0.597. The van der Waals surface area contributed by atoms with Gasteiger partial charge < -0.3 is 5.32 Å². The van der Waals surface area contributed by atoms with Gasteiger partial charge in [-0.2, -0.15) is 0 Å². The SMILES string of the molecule is O=C(NCc1sccc1Br)c1cc2c(s1)CCCC2. The molecular weight excluding hydrogens is 342 g/mol. The van der Waals surface area contributed by atoms with E-state index in [1.807, 2.05) is 11.4 Å². The van der Waals surface area contributed by atoms with E-state index in [0.717, 1.165) is 27.1 Å². The fourth-order valence-corrected chi connectivity index (χ4v) is 4.90. The number of hydrogen-bond donors (Lipinski definition) is 1. The number of carbonyl (C=O) groups excluding carboxylic acids is 1. The van der Waals surface area contributed by atoms with Gasteiger partial charge >= 0.3 is 0 Å². The number of carbonyl (C=O) groups is 1. The number of hydrogen-bond acceptors (Lipinski definition) is 3. The molecule has 0 atom stereocenters. The molecule has 1 amide bonds. The van der Waals surface area contributed by atoms with Crippen molar-refractivity contribution in [2.75, 3.05) is 0 Å². The summed E-state index contributed by atoms with van der Waals surface area (Å²) in [4.78, 5) is 15.6. The smallest absolute Gasteiger partial charge is 0.261 e. The van der Waals surface area contributed by atoms with Crippen LogP contribution in [0.1, 0.15) is 37.8 Å². The molecule has 3 rings (SSSR count). The summed E-state index contributed by atoms with van der Waals surface area (Å²) in [6.07, 6.45) is 4.79. The minimum atomic E-state index is 0.0553. The molecule has 0 bridgehead atoms. The van der Waals surface area contributed by atoms with Crippen LogP contribution in [0.2, 0.25) is 0 Å². The Kier molecular flexibility index (Phi) is 4.05. The van der Waals surface area contributed by atoms with Crippen LogP contribution in [-0.4, -0.2) is 5.91 Å². The molecule has 2 heterocycles. The largest absolute Gasteiger partial charge is 0.346 e. The second-order valence-corrected chi connectivity index (χ2v) is 7.63. The first-order chi connectivity index (χ1) is 9.24. The quantitative estimate of drug-likeness (QED) is 0.869. The van der Waals surface area contributed by atoms with E-state index >= 15 is 0 Å². The highest BCUT2D eigenvalue weighted by atomic mass is 79.9. The first kappa shape index (κ1) is 13.3. The van der Waals surface area contributed by atoms with Gasteiger partial charge in [-0.1, -0.05) is 0 Å². The lowest BCUT2D eigenvalue weighted by molar-refractivity contribution is 0.0955. The van der Waals surface area contributed by atoms with E-state index in [9.17, 15) is 4.79 Å². The molecule has 0 aliphatic heterocycles. The van der Waals surface area contributed by atoms with Crippen LogP contribution in [0.15, 0.2) is 22.0 Å². The number of nitrogens with one attached hydrogen (secondary N) is 1. The van der Waals surface area contributed by atoms with E-state index in [-0.39, 0.29) is 5.91 Å². The Bertz CT molecular complexity index is 579. The first-order valence-electron chi connectivity index (χ1n) is 6.35. The predicted octanol–water partition coefficient (Wildman–Crippen LogP) is 4.38. The van der Waals surface area contributed by atoms with E-state index in [0.29, 0.717) is 6.54 Å². The van der Waals surface area contributed by atoms with Gasteiger partial charge in [0.1, 0.15) is 0 Å². The van der Waals surface area contributed by atoms with Crippen LogP contribution in [-0.2, 0) is 19.4 Å². The van der Waals surface area contributed by atoms with Crippen LogP contribution in [0.25, 0.3) is 0 Å². The van der Waals surface area contributed by atoms with Crippen LogP contribution in [0.3, 0.4) is 0 Å². The molecule has 0 spiro atoms. The molecule has 2 aromatic heterocycles. The zero-order valence-electron chi connectivity index (χ0n) is 10.4. The van der Waals surface area contributed by atoms with Gasteiger partial charge in [0.15, 0.2) is 0 Å². The molecule has 1 aliphatic carbocycles. The zero-order valence-corrected chi connectivity index (χ0v) is 13.6. The molecule has 0 saturated carbocycles. The lowest BCUT2D eigenvalue weighted by atomic mass is 9.99. The van der Waals surface area contributed by atoms with Gasteiger partial charge in [0.05, 0.1) is 11.4 Å². The average Bonchev–Trinajstić information content (AvgIpc) is 3.01. The minimum Gasteiger partial charge on any atom is -0.346 e. The molecule has 0 radical (unpaired) electrons. The van der Waals surface area contributed by atoms with Crippen LogP contribution < -0.4 is 5.32 Å². The summed E-state index contributed by atoms with van der Waals surface area (Å²) in [5.41, 5.74) is 1.39. The molecule has 2 aromatic rings. The maximum absolute atomic E-state index is 12.2. The van der Waals surface area contributed by atoms with Crippen molar-refractivity contribution in [3.63, 3.8) is 0 Å². The summed E-state index contributed by atoms with van der Waals surface area (Å²) < 4.78 is 1.07. The molecule has 0 fully saturated rings. The monoisotopic (exact) mass is 355 g/mol. The third kappa shape index (κ3) is 2.93. The molecule has 0 unspecified atom stereocenters. The number of fused-ring (bicyclic) bond motifs is 1. The van der Waals surface area contributed by atoms with Crippen molar-refractivity contribution in [1.29, 1.82) is 0 Å². The highest BCUT2D eigenvalue weighted by Crippen LogP contribution is 2.29. The topological polar surface area (TPSA) is 29.1 Å². The Labute approximate surface area is 129 Å². The van der Waals surface area contributed by atoms with E-state index in [1.165, 1.54) is 23.3 Å². The predicted molar refractivity (Wildman–Crippen MR) is 84.2 cm³/mol. The summed E-state index contributed by atoms with van der Waals surface area (Å²) in [5, 5.41) is 5.03. The third-order valence-electron chi connectivity index (χ3n) is 3.32. The number of thiophene rings is 2. The van der Waals surface area contributed by atoms with Crippen molar-refractivity contribution in [2.45, 2.75) is 32.2 Å². The molecule has 0 aromatic carbocycles. The number of amides is 1. The summed E-state index contributed by atoms with van der Waals surface area (Å²) in [7, 11) is 0. The lowest BCUT2D eigenvalue weighted by Crippen LogP contribution is -2.21. The second-order valence-electron chi connectivity index (χ2n) is 4.64. The van der Waals surface area contributed by atoms with Crippen molar-refractivity contribution < 1.29 is 4.79 Å². The van der Waals surface area contributed by atoms with Gasteiger partial charge in [0.2, 0.25) is 0 Å². The van der Waals surface area contributed by atoms with Crippen molar-refractivity contribution in [3.05, 3.63) is 42.2 Å². The Balaban J connectivity index is 1.67. The van der Waals surface area contributed by atoms with Gasteiger partial charge in [0, 0.05) is 14.2 Å². The molecule has 5 heteroatoms. The molecule has 2 nitrogen and oxygen atoms in total. The zero-order chi connectivity index (χ0) is 13.2. The minimum absolute atomic E-state index is 0.0553. The van der Waals surface area contributed by atoms with Crippen LogP contribution in [0.4, 0.5) is 0 Å². The maximum atomic E-state index is 12.2. The molecule has 100 valence electrons. The highest BCUT2D eigenvalue weighted by Gasteiger charge is 2.17. The van der Waals surface area contributed by atoms with Gasteiger partial charge in [-0.3, -0.25) is 4.79 Å². The molecule has 19 heavy (non-hydrogen) atoms. The van der Waals surface area contributed by atoms with E-state index in [1.54, 1.807) is 22.7 Å². The fourth-order valence-electron chi connectivity index (χ4n) is 2.30. The normalized spacial score (nSPS) is 14.2. The standard InChI is InChI=1S/C14H14BrNOS2/c15-10-5-6-18-13(10)8-16-14(17)12-7-9-3-1-2-4-11(9)19-12/h5-7H,1-4,8H2,(H,16,17). The molecule has 0 saturated heterocycles. The highest BCUT2D eigenvalue weighted by molar-refractivity contribution is 9.10. The average molecular weight is 356 g/mol. The van der Waals surface area contributed by atoms with Crippen molar-refractivity contribution in [1.82, 2.24) is 5.32 Å². The lowest BCUT2D eigenvalue weighted by Gasteiger charge is -2.08. The first-order valence-corrected chi connectivity index (χ1v) is 8.84. The van der Waals surface area contributed by atoms with Gasteiger partial charge in [-0.25, -0.2) is 0 Å². The third-order valence-corrected chi connectivity index (χ3v) is 6.48. The van der Waals surface area contributed by atoms with Crippen molar-refractivity contribution >= 4 is 44.5 Å².